The minimum Gasteiger partial charge on any atom is -0.368 e. The number of nitrogens with zero attached hydrogens (tertiary/aromatic N) is 1. The van der Waals surface area contributed by atoms with Crippen molar-refractivity contribution in [1.29, 1.82) is 0 Å². The van der Waals surface area contributed by atoms with Crippen molar-refractivity contribution < 1.29 is 9.59 Å². The molecule has 0 aromatic heterocycles. The van der Waals surface area contributed by atoms with Gasteiger partial charge in [-0.2, -0.15) is 0 Å². The van der Waals surface area contributed by atoms with Gasteiger partial charge in [-0.15, -0.1) is 0 Å². The van der Waals surface area contributed by atoms with E-state index < -0.39 is 17.5 Å². The number of hydrogen-bond donors (Lipinski definition) is 2. The Bertz CT molecular complexity index is 551. The zero-order valence-corrected chi connectivity index (χ0v) is 10.6. The Morgan fingerprint density at radius 2 is 1.84 bits per heavy atom. The highest BCUT2D eigenvalue weighted by Gasteiger charge is 2.50. The summed E-state index contributed by atoms with van der Waals surface area (Å²) in [6.45, 7) is 0.418. The summed E-state index contributed by atoms with van der Waals surface area (Å²) in [5.41, 5.74) is 12.8. The van der Waals surface area contributed by atoms with Gasteiger partial charge in [-0.3, -0.25) is 9.59 Å². The number of carbonyl (C=O) groups is 2. The average molecular weight is 259 g/mol. The van der Waals surface area contributed by atoms with Gasteiger partial charge in [0.15, 0.2) is 0 Å². The minimum absolute atomic E-state index is 0.147. The molecule has 1 fully saturated rings. The van der Waals surface area contributed by atoms with Crippen molar-refractivity contribution in [3.05, 3.63) is 35.4 Å². The number of carbonyl (C=O) groups excluding carboxylic acids is 2. The highest BCUT2D eigenvalue weighted by Crippen LogP contribution is 2.36. The molecule has 2 aliphatic rings. The monoisotopic (exact) mass is 259 g/mol. The van der Waals surface area contributed by atoms with Crippen molar-refractivity contribution in [3.63, 3.8) is 0 Å². The molecule has 0 radical (unpaired) electrons. The normalized spacial score (nSPS) is 23.6. The summed E-state index contributed by atoms with van der Waals surface area (Å²) in [6, 6.07) is 7.23. The molecule has 0 spiro atoms. The molecule has 1 saturated carbocycles. The quantitative estimate of drug-likeness (QED) is 0.778. The maximum Gasteiger partial charge on any atom is 0.243 e. The van der Waals surface area contributed by atoms with Crippen molar-refractivity contribution in [2.75, 3.05) is 0 Å². The predicted molar refractivity (Wildman–Crippen MR) is 69.8 cm³/mol. The first-order valence-corrected chi connectivity index (χ1v) is 6.47. The van der Waals surface area contributed by atoms with Crippen LogP contribution < -0.4 is 11.5 Å². The number of hydrogen-bond acceptors (Lipinski definition) is 3. The summed E-state index contributed by atoms with van der Waals surface area (Å²) in [7, 11) is 0. The molecule has 1 atom stereocenters. The Labute approximate surface area is 111 Å². The molecular weight excluding hydrogens is 242 g/mol. The molecule has 3 rings (SSSR count). The summed E-state index contributed by atoms with van der Waals surface area (Å²) in [4.78, 5) is 25.6. The lowest BCUT2D eigenvalue weighted by atomic mass is 9.93. The first kappa shape index (κ1) is 12.2. The lowest BCUT2D eigenvalue weighted by molar-refractivity contribution is -0.142. The SMILES string of the molecule is NC(=O)[C@@H]1Cc2ccccc2CN1C(=O)C1(N)CC1. The molecule has 0 unspecified atom stereocenters. The van der Waals surface area contributed by atoms with E-state index in [4.69, 9.17) is 11.5 Å². The Hall–Kier alpha value is -1.88. The van der Waals surface area contributed by atoms with E-state index >= 15 is 0 Å². The van der Waals surface area contributed by atoms with E-state index in [1.165, 1.54) is 0 Å². The number of amides is 2. The highest BCUT2D eigenvalue weighted by molar-refractivity contribution is 5.93. The van der Waals surface area contributed by atoms with E-state index in [-0.39, 0.29) is 5.91 Å². The fourth-order valence-corrected chi connectivity index (χ4v) is 2.63. The number of rotatable bonds is 2. The minimum atomic E-state index is -0.764. The number of primary amides is 1. The summed E-state index contributed by atoms with van der Waals surface area (Å²) in [5.74, 6) is -0.613. The second-order valence-corrected chi connectivity index (χ2v) is 5.48. The topological polar surface area (TPSA) is 89.4 Å². The number of fused-ring (bicyclic) bond motifs is 1. The van der Waals surface area contributed by atoms with Crippen LogP contribution in [-0.4, -0.2) is 28.3 Å². The smallest absolute Gasteiger partial charge is 0.243 e. The van der Waals surface area contributed by atoms with Crippen LogP contribution in [-0.2, 0) is 22.6 Å². The van der Waals surface area contributed by atoms with E-state index in [0.717, 1.165) is 11.1 Å². The lowest BCUT2D eigenvalue weighted by Gasteiger charge is -2.36. The fraction of sp³-hybridized carbons (Fsp3) is 0.429. The van der Waals surface area contributed by atoms with E-state index in [1.54, 1.807) is 4.90 Å². The standard InChI is InChI=1S/C14H17N3O2/c15-12(18)11-7-9-3-1-2-4-10(9)8-17(11)13(19)14(16)5-6-14/h1-4,11H,5-8,16H2,(H2,15,18)/t11-/m0/s1. The Morgan fingerprint density at radius 3 is 2.42 bits per heavy atom. The van der Waals surface area contributed by atoms with Gasteiger partial charge in [-0.1, -0.05) is 24.3 Å². The van der Waals surface area contributed by atoms with Crippen LogP contribution in [0.3, 0.4) is 0 Å². The largest absolute Gasteiger partial charge is 0.368 e. The van der Waals surface area contributed by atoms with Gasteiger partial charge >= 0.3 is 0 Å². The molecule has 4 N–H and O–H groups in total. The third-order valence-corrected chi connectivity index (χ3v) is 4.05. The summed E-state index contributed by atoms with van der Waals surface area (Å²) >= 11 is 0. The zero-order chi connectivity index (χ0) is 13.6. The third kappa shape index (κ3) is 2.00. The van der Waals surface area contributed by atoms with Crippen LogP contribution in [0.25, 0.3) is 0 Å². The molecule has 5 nitrogen and oxygen atoms in total. The highest BCUT2D eigenvalue weighted by atomic mass is 16.2. The molecule has 19 heavy (non-hydrogen) atoms. The van der Waals surface area contributed by atoms with Crippen LogP contribution in [0.5, 0.6) is 0 Å². The zero-order valence-electron chi connectivity index (χ0n) is 10.6. The molecule has 1 heterocycles. The van der Waals surface area contributed by atoms with Crippen LogP contribution in [0.2, 0.25) is 0 Å². The molecule has 0 bridgehead atoms. The number of nitrogens with two attached hydrogens (primary N) is 2. The molecule has 100 valence electrons. The Kier molecular flexibility index (Phi) is 2.60. The molecular formula is C14H17N3O2. The van der Waals surface area contributed by atoms with Gasteiger partial charge in [-0.05, 0) is 24.0 Å². The molecule has 0 saturated heterocycles. The van der Waals surface area contributed by atoms with Crippen molar-refractivity contribution in [3.8, 4) is 0 Å². The third-order valence-electron chi connectivity index (χ3n) is 4.05. The second-order valence-electron chi connectivity index (χ2n) is 5.48. The summed E-state index contributed by atoms with van der Waals surface area (Å²) in [5, 5.41) is 0. The summed E-state index contributed by atoms with van der Waals surface area (Å²) in [6.07, 6.45) is 1.86. The fourth-order valence-electron chi connectivity index (χ4n) is 2.63. The van der Waals surface area contributed by atoms with Crippen LogP contribution in [0, 0.1) is 0 Å². The van der Waals surface area contributed by atoms with Crippen molar-refractivity contribution in [1.82, 2.24) is 4.90 Å². The van der Waals surface area contributed by atoms with E-state index in [0.29, 0.717) is 25.8 Å². The van der Waals surface area contributed by atoms with Gasteiger partial charge in [-0.25, -0.2) is 0 Å². The first-order valence-electron chi connectivity index (χ1n) is 6.47. The predicted octanol–water partition coefficient (Wildman–Crippen LogP) is -0.0835. The molecule has 2 amide bonds. The molecule has 1 aromatic carbocycles. The van der Waals surface area contributed by atoms with Crippen LogP contribution in [0.1, 0.15) is 24.0 Å². The van der Waals surface area contributed by atoms with Gasteiger partial charge in [0.05, 0.1) is 5.54 Å². The summed E-state index contributed by atoms with van der Waals surface area (Å²) < 4.78 is 0. The molecule has 1 aliphatic carbocycles. The molecule has 1 aromatic rings. The van der Waals surface area contributed by atoms with Crippen molar-refractivity contribution in [2.45, 2.75) is 37.4 Å². The van der Waals surface area contributed by atoms with Gasteiger partial charge in [0.2, 0.25) is 11.8 Å². The van der Waals surface area contributed by atoms with Crippen molar-refractivity contribution in [2.24, 2.45) is 11.5 Å². The van der Waals surface area contributed by atoms with Crippen LogP contribution in [0.15, 0.2) is 24.3 Å². The van der Waals surface area contributed by atoms with E-state index in [1.807, 2.05) is 24.3 Å². The molecule has 1 aliphatic heterocycles. The van der Waals surface area contributed by atoms with Gasteiger partial charge in [0.1, 0.15) is 6.04 Å². The average Bonchev–Trinajstić information content (AvgIpc) is 3.15. The van der Waals surface area contributed by atoms with Gasteiger partial charge in [0, 0.05) is 13.0 Å². The maximum absolute atomic E-state index is 12.4. The van der Waals surface area contributed by atoms with Gasteiger partial charge < -0.3 is 16.4 Å². The van der Waals surface area contributed by atoms with Crippen LogP contribution in [0.4, 0.5) is 0 Å². The Morgan fingerprint density at radius 1 is 1.21 bits per heavy atom. The second kappa shape index (κ2) is 4.06. The maximum atomic E-state index is 12.4. The number of benzene rings is 1. The molecule has 5 heteroatoms. The van der Waals surface area contributed by atoms with Crippen LogP contribution >= 0.6 is 0 Å². The lowest BCUT2D eigenvalue weighted by Crippen LogP contribution is -2.56. The first-order chi connectivity index (χ1) is 9.01. The van der Waals surface area contributed by atoms with E-state index in [2.05, 4.69) is 0 Å². The Balaban J connectivity index is 1.94. The van der Waals surface area contributed by atoms with E-state index in [9.17, 15) is 9.59 Å². The van der Waals surface area contributed by atoms with Gasteiger partial charge in [0.25, 0.3) is 0 Å². The van der Waals surface area contributed by atoms with Crippen molar-refractivity contribution >= 4 is 11.8 Å².